The first-order chi connectivity index (χ1) is 17.4. The maximum absolute atomic E-state index is 12.2. The number of hydrogen-bond donors (Lipinski definition) is 1. The molecule has 8 nitrogen and oxygen atoms in total. The summed E-state index contributed by atoms with van der Waals surface area (Å²) in [5, 5.41) is 17.6. The molecule has 9 heteroatoms. The molecule has 0 bridgehead atoms. The van der Waals surface area contributed by atoms with Crippen molar-refractivity contribution in [2.75, 3.05) is 7.11 Å². The Morgan fingerprint density at radius 1 is 1.06 bits per heavy atom. The van der Waals surface area contributed by atoms with Gasteiger partial charge in [0.25, 0.3) is 5.69 Å². The number of hydrogen-bond acceptors (Lipinski definition) is 6. The first kappa shape index (κ1) is 24.7. The Bertz CT molecular complexity index is 1450. The highest BCUT2D eigenvalue weighted by Gasteiger charge is 2.15. The molecule has 0 heterocycles. The lowest BCUT2D eigenvalue weighted by Gasteiger charge is -2.13. The summed E-state index contributed by atoms with van der Waals surface area (Å²) in [6, 6.07) is 23.5. The second-order valence-electron chi connectivity index (χ2n) is 7.86. The van der Waals surface area contributed by atoms with E-state index in [9.17, 15) is 14.9 Å². The van der Waals surface area contributed by atoms with E-state index in [0.717, 1.165) is 16.3 Å². The van der Waals surface area contributed by atoms with E-state index in [2.05, 4.69) is 16.6 Å². The molecular weight excluding hydrogens is 482 g/mol. The molecule has 182 valence electrons. The summed E-state index contributed by atoms with van der Waals surface area (Å²) in [4.78, 5) is 22.8. The van der Waals surface area contributed by atoms with Crippen LogP contribution >= 0.6 is 11.6 Å². The minimum atomic E-state index is -0.524. The fraction of sp³-hybridized carbons (Fsp3) is 0.111. The van der Waals surface area contributed by atoms with Gasteiger partial charge < -0.3 is 9.47 Å². The zero-order valence-electron chi connectivity index (χ0n) is 19.3. The number of rotatable bonds is 9. The Hall–Kier alpha value is -4.43. The number of methoxy groups -OCH3 is 1. The topological polar surface area (TPSA) is 103 Å². The molecule has 36 heavy (non-hydrogen) atoms. The molecule has 4 aromatic rings. The van der Waals surface area contributed by atoms with E-state index in [1.807, 2.05) is 36.4 Å². The van der Waals surface area contributed by atoms with Crippen LogP contribution in [0.5, 0.6) is 11.5 Å². The van der Waals surface area contributed by atoms with Crippen LogP contribution in [0.25, 0.3) is 10.8 Å². The molecule has 0 saturated heterocycles. The van der Waals surface area contributed by atoms with E-state index in [0.29, 0.717) is 34.3 Å². The van der Waals surface area contributed by atoms with Crippen molar-refractivity contribution in [3.63, 3.8) is 0 Å². The highest BCUT2D eigenvalue weighted by Crippen LogP contribution is 2.36. The van der Waals surface area contributed by atoms with Gasteiger partial charge in [-0.15, -0.1) is 0 Å². The number of carbonyl (C=O) groups excluding carboxylic acids is 1. The minimum absolute atomic E-state index is 0.118. The van der Waals surface area contributed by atoms with Crippen molar-refractivity contribution < 1.29 is 19.2 Å². The van der Waals surface area contributed by atoms with Crippen molar-refractivity contribution >= 4 is 40.2 Å². The van der Waals surface area contributed by atoms with Gasteiger partial charge >= 0.3 is 0 Å². The molecule has 1 amide bonds. The number of ether oxygens (including phenoxy) is 2. The number of nitro groups is 1. The number of halogens is 1. The third kappa shape index (κ3) is 5.97. The molecule has 0 spiro atoms. The number of para-hydroxylation sites is 1. The number of nitro benzene ring substituents is 1. The summed E-state index contributed by atoms with van der Waals surface area (Å²) in [6.45, 7) is 0.302. The van der Waals surface area contributed by atoms with Crippen LogP contribution in [0.1, 0.15) is 16.7 Å². The molecule has 4 rings (SSSR count). The molecule has 0 saturated carbocycles. The predicted octanol–water partition coefficient (Wildman–Crippen LogP) is 5.68. The third-order valence-corrected chi connectivity index (χ3v) is 5.67. The van der Waals surface area contributed by atoms with E-state index < -0.39 is 10.8 Å². The number of hydrazone groups is 1. The maximum Gasteiger partial charge on any atom is 0.273 e. The van der Waals surface area contributed by atoms with Crippen LogP contribution in [0, 0.1) is 10.1 Å². The van der Waals surface area contributed by atoms with Crippen molar-refractivity contribution in [3.05, 3.63) is 111 Å². The molecule has 0 aliphatic rings. The first-order valence-electron chi connectivity index (χ1n) is 11.0. The van der Waals surface area contributed by atoms with Gasteiger partial charge in [-0.05, 0) is 40.1 Å². The summed E-state index contributed by atoms with van der Waals surface area (Å²) in [5.41, 5.74) is 4.11. The normalized spacial score (nSPS) is 10.9. The van der Waals surface area contributed by atoms with Crippen LogP contribution in [-0.2, 0) is 17.8 Å². The number of amides is 1. The number of benzene rings is 4. The molecule has 4 aromatic carbocycles. The smallest absolute Gasteiger partial charge is 0.273 e. The monoisotopic (exact) mass is 503 g/mol. The number of nitrogens with zero attached hydrogens (tertiary/aromatic N) is 2. The van der Waals surface area contributed by atoms with Crippen molar-refractivity contribution in [3.8, 4) is 11.5 Å². The van der Waals surface area contributed by atoms with E-state index in [4.69, 9.17) is 21.1 Å². The lowest BCUT2D eigenvalue weighted by atomic mass is 10.1. The van der Waals surface area contributed by atoms with Crippen molar-refractivity contribution in [2.45, 2.75) is 13.0 Å². The Morgan fingerprint density at radius 3 is 2.58 bits per heavy atom. The van der Waals surface area contributed by atoms with Crippen molar-refractivity contribution in [2.24, 2.45) is 5.10 Å². The van der Waals surface area contributed by atoms with Crippen LogP contribution in [0.4, 0.5) is 5.69 Å². The maximum atomic E-state index is 12.2. The minimum Gasteiger partial charge on any atom is -0.493 e. The van der Waals surface area contributed by atoms with Gasteiger partial charge in [-0.25, -0.2) is 5.43 Å². The third-order valence-electron chi connectivity index (χ3n) is 5.39. The Balaban J connectivity index is 1.41. The summed E-state index contributed by atoms with van der Waals surface area (Å²) < 4.78 is 11.4. The molecule has 0 unspecified atom stereocenters. The van der Waals surface area contributed by atoms with Crippen LogP contribution in [0.2, 0.25) is 5.02 Å². The van der Waals surface area contributed by atoms with Gasteiger partial charge in [0.15, 0.2) is 11.5 Å². The van der Waals surface area contributed by atoms with Crippen LogP contribution < -0.4 is 14.9 Å². The van der Waals surface area contributed by atoms with E-state index in [1.54, 1.807) is 24.3 Å². The fourth-order valence-electron chi connectivity index (χ4n) is 3.67. The van der Waals surface area contributed by atoms with Gasteiger partial charge in [0, 0.05) is 11.6 Å². The number of carbonyl (C=O) groups is 1. The standard InChI is InChI=1S/C27H22ClN3O5/c1-35-25-14-19(16-29-30-26(32)15-22-8-4-5-9-24(22)31(33)34)13-23(28)27(25)36-17-18-10-11-20-6-2-3-7-21(20)12-18/h2-14,16H,15,17H2,1H3,(H,30,32)/b29-16+. The summed E-state index contributed by atoms with van der Waals surface area (Å²) >= 11 is 6.45. The number of fused-ring (bicyclic) bond motifs is 1. The zero-order chi connectivity index (χ0) is 25.5. The summed E-state index contributed by atoms with van der Waals surface area (Å²) in [7, 11) is 1.50. The molecule has 0 fully saturated rings. The summed E-state index contributed by atoms with van der Waals surface area (Å²) in [5.74, 6) is 0.315. The SMILES string of the molecule is COc1cc(/C=N/NC(=O)Cc2ccccc2[N+](=O)[O-])cc(Cl)c1OCc1ccc2ccccc2c1. The Kier molecular flexibility index (Phi) is 7.77. The van der Waals surface area contributed by atoms with Gasteiger partial charge in [-0.1, -0.05) is 66.2 Å². The quantitative estimate of drug-likeness (QED) is 0.180. The lowest BCUT2D eigenvalue weighted by Crippen LogP contribution is -2.20. The van der Waals surface area contributed by atoms with Gasteiger partial charge in [0.1, 0.15) is 6.61 Å². The van der Waals surface area contributed by atoms with Gasteiger partial charge in [-0.3, -0.25) is 14.9 Å². The average Bonchev–Trinajstić information content (AvgIpc) is 2.87. The second-order valence-corrected chi connectivity index (χ2v) is 8.27. The molecule has 1 N–H and O–H groups in total. The van der Waals surface area contributed by atoms with E-state index in [-0.39, 0.29) is 12.1 Å². The summed E-state index contributed by atoms with van der Waals surface area (Å²) in [6.07, 6.45) is 1.22. The first-order valence-corrected chi connectivity index (χ1v) is 11.3. The van der Waals surface area contributed by atoms with Crippen molar-refractivity contribution in [1.82, 2.24) is 5.43 Å². The van der Waals surface area contributed by atoms with E-state index in [1.165, 1.54) is 25.5 Å². The van der Waals surface area contributed by atoms with Crippen LogP contribution in [0.15, 0.2) is 84.0 Å². The Labute approximate surface area is 212 Å². The van der Waals surface area contributed by atoms with Gasteiger partial charge in [0.2, 0.25) is 5.91 Å². The number of nitrogens with one attached hydrogen (secondary N) is 1. The zero-order valence-corrected chi connectivity index (χ0v) is 20.1. The lowest BCUT2D eigenvalue weighted by molar-refractivity contribution is -0.385. The average molecular weight is 504 g/mol. The molecule has 0 aliphatic heterocycles. The largest absolute Gasteiger partial charge is 0.493 e. The highest BCUT2D eigenvalue weighted by molar-refractivity contribution is 6.32. The van der Waals surface area contributed by atoms with Crippen LogP contribution in [0.3, 0.4) is 0 Å². The van der Waals surface area contributed by atoms with E-state index >= 15 is 0 Å². The van der Waals surface area contributed by atoms with Gasteiger partial charge in [-0.2, -0.15) is 5.10 Å². The second kappa shape index (κ2) is 11.3. The Morgan fingerprint density at radius 2 is 1.81 bits per heavy atom. The molecule has 0 aliphatic carbocycles. The van der Waals surface area contributed by atoms with Crippen LogP contribution in [-0.4, -0.2) is 24.2 Å². The fourth-order valence-corrected chi connectivity index (χ4v) is 3.94. The highest BCUT2D eigenvalue weighted by atomic mass is 35.5. The predicted molar refractivity (Wildman–Crippen MR) is 139 cm³/mol. The molecule has 0 aromatic heterocycles. The molecule has 0 radical (unpaired) electrons. The van der Waals surface area contributed by atoms with Crippen molar-refractivity contribution in [1.29, 1.82) is 0 Å². The molecule has 0 atom stereocenters. The molecular formula is C27H22ClN3O5. The van der Waals surface area contributed by atoms with Gasteiger partial charge in [0.05, 0.1) is 29.7 Å².